The summed E-state index contributed by atoms with van der Waals surface area (Å²) in [7, 11) is -7.33. The second kappa shape index (κ2) is 11.3. The van der Waals surface area contributed by atoms with E-state index < -0.39 is 20.2 Å². The van der Waals surface area contributed by atoms with Gasteiger partial charge in [-0.05, 0) is 24.1 Å². The number of nitrogens with zero attached hydrogens (tertiary/aromatic N) is 1. The molecule has 0 unspecified atom stereocenters. The van der Waals surface area contributed by atoms with Crippen LogP contribution >= 0.6 is 0 Å². The van der Waals surface area contributed by atoms with E-state index in [2.05, 4.69) is 15.7 Å². The molecule has 0 spiro atoms. The van der Waals surface area contributed by atoms with E-state index in [1.165, 1.54) is 6.34 Å². The summed E-state index contributed by atoms with van der Waals surface area (Å²) >= 11 is 0. The molecule has 0 fully saturated rings. The molecule has 1 aromatic rings. The Morgan fingerprint density at radius 2 is 1.70 bits per heavy atom. The minimum Gasteiger partial charge on any atom is -0.384 e. The number of amides is 1. The van der Waals surface area contributed by atoms with Gasteiger partial charge < -0.3 is 16.5 Å². The minimum atomic E-state index is -3.67. The number of nitrogens with one attached hydrogen (secondary N) is 2. The van der Waals surface area contributed by atoms with Crippen LogP contribution in [0.15, 0.2) is 34.9 Å². The highest BCUT2D eigenvalue weighted by Crippen LogP contribution is 2.22. The third-order valence-electron chi connectivity index (χ3n) is 2.56. The van der Waals surface area contributed by atoms with E-state index in [1.54, 1.807) is 0 Å². The van der Waals surface area contributed by atoms with Gasteiger partial charge >= 0.3 is 0 Å². The number of anilines is 1. The first kappa shape index (κ1) is 24.5. The van der Waals surface area contributed by atoms with Gasteiger partial charge in [-0.1, -0.05) is 18.2 Å². The molecular weight excluding hydrogens is 400 g/mol. The number of rotatable bonds is 2. The van der Waals surface area contributed by atoms with Crippen LogP contribution in [0.1, 0.15) is 12.0 Å². The molecule has 11 nitrogen and oxygen atoms in total. The van der Waals surface area contributed by atoms with Gasteiger partial charge in [0.2, 0.25) is 0 Å². The zero-order valence-corrected chi connectivity index (χ0v) is 16.3. The van der Waals surface area contributed by atoms with Crippen molar-refractivity contribution in [2.45, 2.75) is 6.42 Å². The predicted molar refractivity (Wildman–Crippen MR) is 103 cm³/mol. The van der Waals surface area contributed by atoms with Gasteiger partial charge in [0.25, 0.3) is 26.1 Å². The van der Waals surface area contributed by atoms with Crippen molar-refractivity contribution in [3.05, 3.63) is 35.4 Å². The van der Waals surface area contributed by atoms with Crippen LogP contribution < -0.4 is 16.5 Å². The van der Waals surface area contributed by atoms with Gasteiger partial charge in [0.1, 0.15) is 6.34 Å². The molecule has 27 heavy (non-hydrogen) atoms. The average molecular weight is 422 g/mol. The highest BCUT2D eigenvalue weighted by Gasteiger charge is 2.12. The molecule has 0 aliphatic carbocycles. The second-order valence-corrected chi connectivity index (χ2v) is 8.08. The Bertz CT molecular complexity index is 848. The van der Waals surface area contributed by atoms with E-state index in [0.717, 1.165) is 17.8 Å². The van der Waals surface area contributed by atoms with Crippen LogP contribution in [-0.4, -0.2) is 57.2 Å². The number of para-hydroxylation sites is 1. The van der Waals surface area contributed by atoms with E-state index in [4.69, 9.17) is 14.9 Å². The zero-order chi connectivity index (χ0) is 21.1. The molecule has 2 rings (SSSR count). The highest BCUT2D eigenvalue weighted by atomic mass is 32.2. The smallest absolute Gasteiger partial charge is 0.261 e. The molecule has 1 aliphatic heterocycles. The second-order valence-electron chi connectivity index (χ2n) is 5.15. The fraction of sp³-hybridized carbons (Fsp3) is 0.286. The molecule has 0 bridgehead atoms. The summed E-state index contributed by atoms with van der Waals surface area (Å²) in [6.07, 6.45) is 5.17. The van der Waals surface area contributed by atoms with Crippen LogP contribution in [-0.2, 0) is 25.0 Å². The molecule has 6 N–H and O–H groups in total. The average Bonchev–Trinajstić information content (AvgIpc) is 2.71. The Labute approximate surface area is 157 Å². The summed E-state index contributed by atoms with van der Waals surface area (Å²) in [6, 6.07) is 7.87. The van der Waals surface area contributed by atoms with Crippen molar-refractivity contribution in [1.82, 2.24) is 5.32 Å². The molecule has 1 aliphatic rings. The van der Waals surface area contributed by atoms with Gasteiger partial charge in [-0.25, -0.2) is 0 Å². The third kappa shape index (κ3) is 15.5. The van der Waals surface area contributed by atoms with Crippen molar-refractivity contribution >= 4 is 44.2 Å². The SMILES string of the molecule is CS(=O)(=O)O.CS(=O)(=O)O.NN=CNC(=O)C1=Cc2ccccc2NCC1. The lowest BCUT2D eigenvalue weighted by Crippen LogP contribution is -2.24. The number of hydrogen-bond acceptors (Lipinski definition) is 8. The maximum atomic E-state index is 11.8. The monoisotopic (exact) mass is 422 g/mol. The summed E-state index contributed by atoms with van der Waals surface area (Å²) in [6.45, 7) is 0.732. The molecule has 0 radical (unpaired) electrons. The third-order valence-corrected chi connectivity index (χ3v) is 2.56. The van der Waals surface area contributed by atoms with Crippen LogP contribution in [0.2, 0.25) is 0 Å². The number of nitrogens with two attached hydrogens (primary N) is 1. The fourth-order valence-electron chi connectivity index (χ4n) is 1.74. The zero-order valence-electron chi connectivity index (χ0n) is 14.7. The minimum absolute atomic E-state index is 0.169. The Morgan fingerprint density at radius 1 is 1.19 bits per heavy atom. The molecule has 0 saturated heterocycles. The van der Waals surface area contributed by atoms with Crippen LogP contribution in [0.4, 0.5) is 5.69 Å². The van der Waals surface area contributed by atoms with Crippen molar-refractivity contribution in [2.24, 2.45) is 10.9 Å². The maximum Gasteiger partial charge on any atom is 0.261 e. The lowest BCUT2D eigenvalue weighted by molar-refractivity contribution is -0.116. The van der Waals surface area contributed by atoms with Crippen LogP contribution in [0, 0.1) is 0 Å². The van der Waals surface area contributed by atoms with Crippen molar-refractivity contribution in [2.75, 3.05) is 24.4 Å². The van der Waals surface area contributed by atoms with Gasteiger partial charge in [-0.3, -0.25) is 13.9 Å². The van der Waals surface area contributed by atoms with Crippen molar-refractivity contribution < 1.29 is 30.7 Å². The van der Waals surface area contributed by atoms with E-state index in [9.17, 15) is 21.6 Å². The summed E-state index contributed by atoms with van der Waals surface area (Å²) in [5, 5.41) is 9.02. The lowest BCUT2D eigenvalue weighted by atomic mass is 10.1. The van der Waals surface area contributed by atoms with E-state index in [-0.39, 0.29) is 5.91 Å². The Morgan fingerprint density at radius 3 is 2.22 bits per heavy atom. The largest absolute Gasteiger partial charge is 0.384 e. The first-order valence-corrected chi connectivity index (χ1v) is 10.9. The van der Waals surface area contributed by atoms with Gasteiger partial charge in [-0.2, -0.15) is 21.9 Å². The summed E-state index contributed by atoms with van der Waals surface area (Å²) < 4.78 is 51.7. The number of benzene rings is 1. The number of hydrazone groups is 1. The summed E-state index contributed by atoms with van der Waals surface area (Å²) in [5.41, 5.74) is 2.77. The van der Waals surface area contributed by atoms with Crippen LogP contribution in [0.3, 0.4) is 0 Å². The fourth-order valence-corrected chi connectivity index (χ4v) is 1.74. The molecule has 13 heteroatoms. The summed E-state index contributed by atoms with van der Waals surface area (Å²) in [5.74, 6) is 4.77. The molecule has 0 saturated carbocycles. The summed E-state index contributed by atoms with van der Waals surface area (Å²) in [4.78, 5) is 11.8. The van der Waals surface area contributed by atoms with Crippen LogP contribution in [0.5, 0.6) is 0 Å². The lowest BCUT2D eigenvalue weighted by Gasteiger charge is -2.04. The van der Waals surface area contributed by atoms with Crippen molar-refractivity contribution in [3.8, 4) is 0 Å². The van der Waals surface area contributed by atoms with E-state index in [1.807, 2.05) is 30.3 Å². The Hall–Kier alpha value is -2.48. The number of carbonyl (C=O) groups is 1. The van der Waals surface area contributed by atoms with Crippen molar-refractivity contribution in [3.63, 3.8) is 0 Å². The number of carbonyl (C=O) groups excluding carboxylic acids is 1. The number of fused-ring (bicyclic) bond motifs is 1. The van der Waals surface area contributed by atoms with E-state index in [0.29, 0.717) is 24.5 Å². The standard InChI is InChI=1S/C12H14N4O.2CH4O3S/c13-16-8-15-12(17)10-5-6-14-11-4-2-1-3-9(11)7-10;2*1-5(2,3)4/h1-4,7-8,14H,5-6,13H2,(H,15,16,17);2*1H3,(H,2,3,4). The Balaban J connectivity index is 0.000000563. The predicted octanol–water partition coefficient (Wildman–Crippen LogP) is -0.0882. The van der Waals surface area contributed by atoms with Gasteiger partial charge in [0, 0.05) is 17.8 Å². The molecule has 1 aromatic carbocycles. The first-order chi connectivity index (χ1) is 12.3. The first-order valence-electron chi connectivity index (χ1n) is 7.22. The van der Waals surface area contributed by atoms with Gasteiger partial charge in [0.15, 0.2) is 0 Å². The molecule has 152 valence electrons. The highest BCUT2D eigenvalue weighted by molar-refractivity contribution is 7.85. The Kier molecular flexibility index (Phi) is 10.2. The quantitative estimate of drug-likeness (QED) is 0.143. The topological polar surface area (TPSA) is 188 Å². The molecule has 0 atom stereocenters. The van der Waals surface area contributed by atoms with Gasteiger partial charge in [-0.15, -0.1) is 0 Å². The maximum absolute atomic E-state index is 11.8. The van der Waals surface area contributed by atoms with E-state index >= 15 is 0 Å². The molecular formula is C14H22N4O7S2. The molecule has 1 amide bonds. The number of hydrogen-bond donors (Lipinski definition) is 5. The molecule has 0 aromatic heterocycles. The van der Waals surface area contributed by atoms with Crippen LogP contribution in [0.25, 0.3) is 6.08 Å². The van der Waals surface area contributed by atoms with Crippen molar-refractivity contribution in [1.29, 1.82) is 0 Å². The van der Waals surface area contributed by atoms with Gasteiger partial charge in [0.05, 0.1) is 12.5 Å². The normalized spacial score (nSPS) is 13.4. The molecule has 1 heterocycles.